The summed E-state index contributed by atoms with van der Waals surface area (Å²) in [6.45, 7) is -0.222. The maximum Gasteiger partial charge on any atom is 0.343 e. The van der Waals surface area contributed by atoms with Crippen LogP contribution in [0.25, 0.3) is 11.0 Å². The van der Waals surface area contributed by atoms with Gasteiger partial charge in [0, 0.05) is 9.86 Å². The van der Waals surface area contributed by atoms with Crippen LogP contribution in [-0.2, 0) is 4.79 Å². The van der Waals surface area contributed by atoms with Crippen molar-refractivity contribution in [1.29, 1.82) is 0 Å². The molecular formula is C12H7Br2N3O4. The molecule has 1 aromatic carbocycles. The molecule has 0 unspecified atom stereocenters. The predicted molar refractivity (Wildman–Crippen MR) is 79.3 cm³/mol. The van der Waals surface area contributed by atoms with Crippen LogP contribution in [0.2, 0.25) is 0 Å². The summed E-state index contributed by atoms with van der Waals surface area (Å²) in [4.78, 5) is 34.5. The van der Waals surface area contributed by atoms with Crippen molar-refractivity contribution in [2.45, 2.75) is 0 Å². The number of carbonyl (C=O) groups is 3. The number of halogens is 2. The summed E-state index contributed by atoms with van der Waals surface area (Å²) in [6, 6.07) is 4.47. The van der Waals surface area contributed by atoms with Gasteiger partial charge in [-0.1, -0.05) is 15.9 Å². The van der Waals surface area contributed by atoms with Crippen molar-refractivity contribution >= 4 is 60.7 Å². The summed E-state index contributed by atoms with van der Waals surface area (Å²) in [7, 11) is 0. The van der Waals surface area contributed by atoms with Gasteiger partial charge in [0.25, 0.3) is 0 Å². The molecule has 0 bridgehead atoms. The van der Waals surface area contributed by atoms with Gasteiger partial charge in [0.15, 0.2) is 5.76 Å². The Morgan fingerprint density at radius 2 is 2.05 bits per heavy atom. The molecule has 3 rings (SSSR count). The molecule has 2 aromatic rings. The lowest BCUT2D eigenvalue weighted by molar-refractivity contribution is -0.118. The Kier molecular flexibility index (Phi) is 3.46. The zero-order valence-electron chi connectivity index (χ0n) is 10.3. The molecule has 9 heteroatoms. The lowest BCUT2D eigenvalue weighted by Crippen LogP contribution is -2.44. The Morgan fingerprint density at radius 3 is 2.71 bits per heavy atom. The first-order valence-electron chi connectivity index (χ1n) is 5.75. The molecule has 0 radical (unpaired) electrons. The van der Waals surface area contributed by atoms with Crippen LogP contribution in [0, 0.1) is 0 Å². The number of carbonyl (C=O) groups excluding carboxylic acids is 3. The van der Waals surface area contributed by atoms with Crippen molar-refractivity contribution in [2.24, 2.45) is 0 Å². The Hall–Kier alpha value is -1.87. The summed E-state index contributed by atoms with van der Waals surface area (Å²) in [5.41, 5.74) is 2.83. The van der Waals surface area contributed by atoms with Crippen LogP contribution in [0.3, 0.4) is 0 Å². The van der Waals surface area contributed by atoms with Gasteiger partial charge in [-0.05, 0) is 34.1 Å². The van der Waals surface area contributed by atoms with Crippen LogP contribution in [-0.4, -0.2) is 29.4 Å². The van der Waals surface area contributed by atoms with E-state index in [-0.39, 0.29) is 12.3 Å². The summed E-state index contributed by atoms with van der Waals surface area (Å²) < 4.78 is 6.99. The van der Waals surface area contributed by atoms with Gasteiger partial charge in [-0.15, -0.1) is 0 Å². The minimum absolute atomic E-state index is 0.0379. The molecule has 0 atom stereocenters. The summed E-state index contributed by atoms with van der Waals surface area (Å²) in [5.74, 6) is -1.05. The first-order valence-corrected chi connectivity index (χ1v) is 7.33. The van der Waals surface area contributed by atoms with E-state index in [1.165, 1.54) is 0 Å². The van der Waals surface area contributed by atoms with Gasteiger partial charge >= 0.3 is 11.9 Å². The molecular weight excluding hydrogens is 410 g/mol. The van der Waals surface area contributed by atoms with E-state index < -0.39 is 17.8 Å². The van der Waals surface area contributed by atoms with Crippen molar-refractivity contribution in [1.82, 2.24) is 15.8 Å². The fraction of sp³-hybridized carbons (Fsp3) is 0.0833. The predicted octanol–water partition coefficient (Wildman–Crippen LogP) is 2.15. The second kappa shape index (κ2) is 5.15. The fourth-order valence-corrected chi connectivity index (χ4v) is 3.24. The number of nitrogens with one attached hydrogen (secondary N) is 2. The standard InChI is InChI=1S/C12H7Br2N3O4/c13-6-1-5-2-8(21-10(5)7(14)3-6)11(19)16-17-4-9(18)15-12(17)20/h1-3H,4H2,(H,16,19)(H,15,18,20). The molecule has 4 amide bonds. The molecule has 7 nitrogen and oxygen atoms in total. The van der Waals surface area contributed by atoms with E-state index in [4.69, 9.17) is 4.42 Å². The third-order valence-corrected chi connectivity index (χ3v) is 3.84. The number of furan rings is 1. The van der Waals surface area contributed by atoms with Gasteiger partial charge in [-0.3, -0.25) is 20.3 Å². The molecule has 2 N–H and O–H groups in total. The van der Waals surface area contributed by atoms with Crippen LogP contribution >= 0.6 is 31.9 Å². The van der Waals surface area contributed by atoms with Crippen molar-refractivity contribution in [3.05, 3.63) is 32.9 Å². The first-order chi connectivity index (χ1) is 9.94. The van der Waals surface area contributed by atoms with Crippen molar-refractivity contribution in [3.63, 3.8) is 0 Å². The number of amides is 4. The number of imide groups is 1. The molecule has 0 aliphatic carbocycles. The minimum Gasteiger partial charge on any atom is -0.450 e. The summed E-state index contributed by atoms with van der Waals surface area (Å²) in [6.07, 6.45) is 0. The van der Waals surface area contributed by atoms with Gasteiger partial charge in [0.2, 0.25) is 5.91 Å². The third-order valence-electron chi connectivity index (χ3n) is 2.79. The third kappa shape index (κ3) is 2.66. The number of rotatable bonds is 2. The van der Waals surface area contributed by atoms with Crippen molar-refractivity contribution < 1.29 is 18.8 Å². The summed E-state index contributed by atoms with van der Waals surface area (Å²) in [5, 5.41) is 3.67. The normalized spacial score (nSPS) is 14.7. The zero-order valence-corrected chi connectivity index (χ0v) is 13.4. The molecule has 2 heterocycles. The van der Waals surface area contributed by atoms with Crippen LogP contribution in [0.4, 0.5) is 4.79 Å². The van der Waals surface area contributed by atoms with E-state index in [9.17, 15) is 14.4 Å². The number of urea groups is 1. The Morgan fingerprint density at radius 1 is 1.29 bits per heavy atom. The lowest BCUT2D eigenvalue weighted by atomic mass is 10.2. The van der Waals surface area contributed by atoms with E-state index in [1.54, 1.807) is 18.2 Å². The zero-order chi connectivity index (χ0) is 15.1. The quantitative estimate of drug-likeness (QED) is 0.733. The highest BCUT2D eigenvalue weighted by Gasteiger charge is 2.29. The van der Waals surface area contributed by atoms with Gasteiger partial charge < -0.3 is 4.42 Å². The van der Waals surface area contributed by atoms with Crippen molar-refractivity contribution in [3.8, 4) is 0 Å². The molecule has 1 aliphatic heterocycles. The minimum atomic E-state index is -0.673. The Balaban J connectivity index is 1.87. The van der Waals surface area contributed by atoms with Crippen LogP contribution in [0.5, 0.6) is 0 Å². The molecule has 1 aliphatic rings. The fourth-order valence-electron chi connectivity index (χ4n) is 1.90. The summed E-state index contributed by atoms with van der Waals surface area (Å²) >= 11 is 6.69. The number of hydrazine groups is 1. The Labute approximate surface area is 134 Å². The van der Waals surface area contributed by atoms with Crippen molar-refractivity contribution in [2.75, 3.05) is 6.54 Å². The smallest absolute Gasteiger partial charge is 0.343 e. The molecule has 0 spiro atoms. The maximum atomic E-state index is 12.1. The van der Waals surface area contributed by atoms with Gasteiger partial charge in [-0.25, -0.2) is 9.80 Å². The molecule has 1 aromatic heterocycles. The topological polar surface area (TPSA) is 91.7 Å². The van der Waals surface area contributed by atoms with Gasteiger partial charge in [-0.2, -0.15) is 0 Å². The van der Waals surface area contributed by atoms with E-state index in [0.717, 1.165) is 14.9 Å². The largest absolute Gasteiger partial charge is 0.450 e. The number of benzene rings is 1. The van der Waals surface area contributed by atoms with Crippen LogP contribution < -0.4 is 10.7 Å². The lowest BCUT2D eigenvalue weighted by Gasteiger charge is -2.12. The van der Waals surface area contributed by atoms with Gasteiger partial charge in [0.1, 0.15) is 12.1 Å². The molecule has 1 fully saturated rings. The monoisotopic (exact) mass is 415 g/mol. The highest BCUT2D eigenvalue weighted by atomic mass is 79.9. The van der Waals surface area contributed by atoms with E-state index in [1.807, 2.05) is 0 Å². The molecule has 1 saturated heterocycles. The van der Waals surface area contributed by atoms with E-state index in [0.29, 0.717) is 10.1 Å². The van der Waals surface area contributed by atoms with E-state index >= 15 is 0 Å². The first kappa shape index (κ1) is 14.1. The highest BCUT2D eigenvalue weighted by Crippen LogP contribution is 2.30. The van der Waals surface area contributed by atoms with Crippen LogP contribution in [0.1, 0.15) is 10.6 Å². The average molecular weight is 417 g/mol. The number of hydrogen-bond donors (Lipinski definition) is 2. The molecule has 21 heavy (non-hydrogen) atoms. The number of nitrogens with zero attached hydrogens (tertiary/aromatic N) is 1. The molecule has 0 saturated carbocycles. The SMILES string of the molecule is O=C1CN(NC(=O)c2cc3cc(Br)cc(Br)c3o2)C(=O)N1. The van der Waals surface area contributed by atoms with Gasteiger partial charge in [0.05, 0.1) is 4.47 Å². The van der Waals surface area contributed by atoms with Crippen LogP contribution in [0.15, 0.2) is 31.6 Å². The van der Waals surface area contributed by atoms with E-state index in [2.05, 4.69) is 42.6 Å². The highest BCUT2D eigenvalue weighted by molar-refractivity contribution is 9.11. The second-order valence-electron chi connectivity index (χ2n) is 4.30. The maximum absolute atomic E-state index is 12.1. The average Bonchev–Trinajstić information content (AvgIpc) is 2.93. The number of fused-ring (bicyclic) bond motifs is 1. The second-order valence-corrected chi connectivity index (χ2v) is 6.07. The molecule has 108 valence electrons. The Bertz CT molecular complexity index is 786. The number of hydrogen-bond acceptors (Lipinski definition) is 4.